The number of carbonyl (C=O) groups is 1. The summed E-state index contributed by atoms with van der Waals surface area (Å²) in [5.41, 5.74) is 2.62. The molecule has 0 aliphatic carbocycles. The number of nitrogens with one attached hydrogen (secondary N) is 2. The van der Waals surface area contributed by atoms with Crippen molar-refractivity contribution in [2.45, 2.75) is 6.92 Å². The fourth-order valence-corrected chi connectivity index (χ4v) is 2.23. The minimum atomic E-state index is -0.204. The molecule has 5 heteroatoms. The molecule has 1 heterocycles. The van der Waals surface area contributed by atoms with Crippen molar-refractivity contribution < 1.29 is 9.53 Å². The van der Waals surface area contributed by atoms with Crippen molar-refractivity contribution in [3.05, 3.63) is 66.5 Å². The van der Waals surface area contributed by atoms with Crippen molar-refractivity contribution in [3.63, 3.8) is 0 Å². The first-order valence-corrected chi connectivity index (χ1v) is 7.30. The first kappa shape index (κ1) is 14.8. The van der Waals surface area contributed by atoms with E-state index in [2.05, 4.69) is 15.3 Å². The van der Waals surface area contributed by atoms with Gasteiger partial charge in [0, 0.05) is 23.6 Å². The number of ether oxygens (including phenoxy) is 1. The highest BCUT2D eigenvalue weighted by atomic mass is 16.5. The summed E-state index contributed by atoms with van der Waals surface area (Å²) < 4.78 is 5.54. The summed E-state index contributed by atoms with van der Waals surface area (Å²) in [5, 5.41) is 2.83. The van der Waals surface area contributed by atoms with Crippen molar-refractivity contribution in [1.29, 1.82) is 0 Å². The molecule has 116 valence electrons. The van der Waals surface area contributed by atoms with E-state index in [-0.39, 0.29) is 12.5 Å². The second kappa shape index (κ2) is 6.79. The minimum absolute atomic E-state index is 0.0319. The van der Waals surface area contributed by atoms with Crippen LogP contribution in [0.25, 0.3) is 11.4 Å². The summed E-state index contributed by atoms with van der Waals surface area (Å²) in [7, 11) is 0. The molecule has 0 bridgehead atoms. The van der Waals surface area contributed by atoms with Crippen LogP contribution in [0.15, 0.2) is 60.9 Å². The lowest BCUT2D eigenvalue weighted by Crippen LogP contribution is -2.20. The highest BCUT2D eigenvalue weighted by Crippen LogP contribution is 2.19. The topological polar surface area (TPSA) is 67.0 Å². The number of benzene rings is 2. The molecular formula is C18H17N3O2. The number of H-pyrrole nitrogens is 1. The number of hydrogen-bond acceptors (Lipinski definition) is 3. The summed E-state index contributed by atoms with van der Waals surface area (Å²) in [6, 6.07) is 15.1. The Morgan fingerprint density at radius 1 is 1.22 bits per heavy atom. The minimum Gasteiger partial charge on any atom is -0.483 e. The van der Waals surface area contributed by atoms with E-state index in [0.29, 0.717) is 11.4 Å². The zero-order chi connectivity index (χ0) is 16.1. The van der Waals surface area contributed by atoms with Crippen LogP contribution < -0.4 is 10.1 Å². The molecule has 0 radical (unpaired) electrons. The number of carbonyl (C=O) groups excluding carboxylic acids is 1. The molecule has 0 saturated carbocycles. The average molecular weight is 307 g/mol. The standard InChI is InChI=1S/C18H17N3O2/c1-13-5-2-3-8-16(13)23-12-17(22)21-15-7-4-6-14(11-15)18-19-9-10-20-18/h2-11H,12H2,1H3,(H,19,20)(H,21,22). The van der Waals surface area contributed by atoms with Gasteiger partial charge in [-0.25, -0.2) is 4.98 Å². The maximum absolute atomic E-state index is 12.0. The zero-order valence-corrected chi connectivity index (χ0v) is 12.7. The Balaban J connectivity index is 1.62. The third-order valence-corrected chi connectivity index (χ3v) is 3.37. The lowest BCUT2D eigenvalue weighted by molar-refractivity contribution is -0.118. The van der Waals surface area contributed by atoms with Crippen molar-refractivity contribution in [1.82, 2.24) is 9.97 Å². The molecule has 1 aromatic heterocycles. The summed E-state index contributed by atoms with van der Waals surface area (Å²) in [4.78, 5) is 19.3. The number of anilines is 1. The van der Waals surface area contributed by atoms with Gasteiger partial charge in [0.25, 0.3) is 5.91 Å². The SMILES string of the molecule is Cc1ccccc1OCC(=O)Nc1cccc(-c2ncc[nH]2)c1. The van der Waals surface area contributed by atoms with E-state index >= 15 is 0 Å². The maximum Gasteiger partial charge on any atom is 0.262 e. The normalized spacial score (nSPS) is 10.3. The smallest absolute Gasteiger partial charge is 0.262 e. The van der Waals surface area contributed by atoms with Gasteiger partial charge in [0.2, 0.25) is 0 Å². The lowest BCUT2D eigenvalue weighted by atomic mass is 10.2. The molecule has 0 unspecified atom stereocenters. The molecule has 1 amide bonds. The number of amides is 1. The molecule has 5 nitrogen and oxygen atoms in total. The molecule has 3 aromatic rings. The molecule has 2 N–H and O–H groups in total. The predicted molar refractivity (Wildman–Crippen MR) is 89.3 cm³/mol. The van der Waals surface area contributed by atoms with E-state index < -0.39 is 0 Å². The summed E-state index contributed by atoms with van der Waals surface area (Å²) in [6.45, 7) is 1.91. The first-order valence-electron chi connectivity index (χ1n) is 7.30. The molecule has 0 atom stereocenters. The number of imidazole rings is 1. The van der Waals surface area contributed by atoms with Crippen LogP contribution in [0.4, 0.5) is 5.69 Å². The van der Waals surface area contributed by atoms with Crippen molar-refractivity contribution in [2.75, 3.05) is 11.9 Å². The number of aromatic nitrogens is 2. The van der Waals surface area contributed by atoms with E-state index in [0.717, 1.165) is 17.0 Å². The Bertz CT molecular complexity index is 798. The predicted octanol–water partition coefficient (Wildman–Crippen LogP) is 3.40. The lowest BCUT2D eigenvalue weighted by Gasteiger charge is -2.10. The third kappa shape index (κ3) is 3.77. The van der Waals surface area contributed by atoms with E-state index in [1.807, 2.05) is 55.5 Å². The van der Waals surface area contributed by atoms with Gasteiger partial charge in [-0.15, -0.1) is 0 Å². The van der Waals surface area contributed by atoms with Gasteiger partial charge in [-0.2, -0.15) is 0 Å². The maximum atomic E-state index is 12.0. The van der Waals surface area contributed by atoms with E-state index in [9.17, 15) is 4.79 Å². The van der Waals surface area contributed by atoms with Crippen LogP contribution in [0, 0.1) is 6.92 Å². The van der Waals surface area contributed by atoms with Gasteiger partial charge in [0.15, 0.2) is 6.61 Å². The van der Waals surface area contributed by atoms with Gasteiger partial charge >= 0.3 is 0 Å². The summed E-state index contributed by atoms with van der Waals surface area (Å²) in [6.07, 6.45) is 3.45. The van der Waals surface area contributed by atoms with Crippen molar-refractivity contribution in [2.24, 2.45) is 0 Å². The van der Waals surface area contributed by atoms with Crippen LogP contribution in [-0.2, 0) is 4.79 Å². The molecule has 0 spiro atoms. The molecule has 3 rings (SSSR count). The summed E-state index contributed by atoms with van der Waals surface area (Å²) in [5.74, 6) is 1.27. The Labute approximate surface area is 134 Å². The number of hydrogen-bond donors (Lipinski definition) is 2. The van der Waals surface area contributed by atoms with E-state index in [1.54, 1.807) is 12.4 Å². The first-order chi connectivity index (χ1) is 11.2. The van der Waals surface area contributed by atoms with Gasteiger partial charge < -0.3 is 15.0 Å². The summed E-state index contributed by atoms with van der Waals surface area (Å²) >= 11 is 0. The van der Waals surface area contributed by atoms with Gasteiger partial charge in [0.05, 0.1) is 0 Å². The molecule has 0 aliphatic heterocycles. The number of nitrogens with zero attached hydrogens (tertiary/aromatic N) is 1. The number of rotatable bonds is 5. The van der Waals surface area contributed by atoms with Gasteiger partial charge in [-0.1, -0.05) is 30.3 Å². The number of aryl methyl sites for hydroxylation is 1. The van der Waals surface area contributed by atoms with Crippen molar-refractivity contribution in [3.8, 4) is 17.1 Å². The highest BCUT2D eigenvalue weighted by molar-refractivity contribution is 5.92. The van der Waals surface area contributed by atoms with Gasteiger partial charge in [-0.3, -0.25) is 4.79 Å². The van der Waals surface area contributed by atoms with Crippen LogP contribution in [-0.4, -0.2) is 22.5 Å². The molecule has 0 saturated heterocycles. The molecular weight excluding hydrogens is 290 g/mol. The monoisotopic (exact) mass is 307 g/mol. The van der Waals surface area contributed by atoms with Gasteiger partial charge in [-0.05, 0) is 30.7 Å². The Hall–Kier alpha value is -3.08. The Morgan fingerprint density at radius 2 is 2.09 bits per heavy atom. The highest BCUT2D eigenvalue weighted by Gasteiger charge is 2.07. The quantitative estimate of drug-likeness (QED) is 0.759. The van der Waals surface area contributed by atoms with Crippen LogP contribution in [0.1, 0.15) is 5.56 Å². The third-order valence-electron chi connectivity index (χ3n) is 3.37. The fraction of sp³-hybridized carbons (Fsp3) is 0.111. The fourth-order valence-electron chi connectivity index (χ4n) is 2.23. The largest absolute Gasteiger partial charge is 0.483 e. The Kier molecular flexibility index (Phi) is 4.38. The number of aromatic amines is 1. The molecule has 23 heavy (non-hydrogen) atoms. The second-order valence-electron chi connectivity index (χ2n) is 5.12. The molecule has 0 fully saturated rings. The van der Waals surface area contributed by atoms with Crippen LogP contribution in [0.5, 0.6) is 5.75 Å². The van der Waals surface area contributed by atoms with Gasteiger partial charge in [0.1, 0.15) is 11.6 Å². The van der Waals surface area contributed by atoms with Crippen molar-refractivity contribution >= 4 is 11.6 Å². The second-order valence-corrected chi connectivity index (χ2v) is 5.12. The Morgan fingerprint density at radius 3 is 2.87 bits per heavy atom. The van der Waals surface area contributed by atoms with E-state index in [1.165, 1.54) is 0 Å². The average Bonchev–Trinajstić information content (AvgIpc) is 3.09. The zero-order valence-electron chi connectivity index (χ0n) is 12.7. The number of para-hydroxylation sites is 1. The molecule has 2 aromatic carbocycles. The van der Waals surface area contributed by atoms with Crippen LogP contribution >= 0.6 is 0 Å². The van der Waals surface area contributed by atoms with E-state index in [4.69, 9.17) is 4.74 Å². The molecule has 0 aliphatic rings. The van der Waals surface area contributed by atoms with Crippen LogP contribution in [0.2, 0.25) is 0 Å². The van der Waals surface area contributed by atoms with Crippen LogP contribution in [0.3, 0.4) is 0 Å².